The van der Waals surface area contributed by atoms with Gasteiger partial charge in [0.25, 0.3) is 0 Å². The van der Waals surface area contributed by atoms with Crippen LogP contribution in [0.1, 0.15) is 19.8 Å². The molecule has 1 aliphatic heterocycles. The molecule has 0 aliphatic carbocycles. The number of benzene rings is 1. The van der Waals surface area contributed by atoms with Crippen LogP contribution in [-0.2, 0) is 0 Å². The van der Waals surface area contributed by atoms with Gasteiger partial charge < -0.3 is 10.6 Å². The highest BCUT2D eigenvalue weighted by molar-refractivity contribution is 7.11. The number of hydrogen-bond acceptors (Lipinski definition) is 4. The van der Waals surface area contributed by atoms with Crippen LogP contribution in [0.5, 0.6) is 0 Å². The highest BCUT2D eigenvalue weighted by atomic mass is 32.1. The van der Waals surface area contributed by atoms with Crippen molar-refractivity contribution >= 4 is 27.4 Å². The Morgan fingerprint density at radius 1 is 1.33 bits per heavy atom. The first-order valence-electron chi connectivity index (χ1n) is 6.60. The third kappa shape index (κ3) is 2.10. The first-order valence-corrected chi connectivity index (χ1v) is 7.38. The maximum atomic E-state index is 5.99. The predicted molar refractivity (Wildman–Crippen MR) is 78.2 cm³/mol. The van der Waals surface area contributed by atoms with Gasteiger partial charge in [-0.25, -0.2) is 0 Å². The van der Waals surface area contributed by atoms with Gasteiger partial charge in [0, 0.05) is 24.5 Å². The fourth-order valence-electron chi connectivity index (χ4n) is 2.73. The van der Waals surface area contributed by atoms with Crippen molar-refractivity contribution in [2.24, 2.45) is 11.7 Å². The predicted octanol–water partition coefficient (Wildman–Crippen LogP) is 2.86. The minimum Gasteiger partial charge on any atom is -0.362 e. The lowest BCUT2D eigenvalue weighted by Crippen LogP contribution is -2.39. The Kier molecular flexibility index (Phi) is 3.22. The molecule has 18 heavy (non-hydrogen) atoms. The van der Waals surface area contributed by atoms with Crippen molar-refractivity contribution in [3.05, 3.63) is 24.3 Å². The fourth-order valence-corrected chi connectivity index (χ4v) is 3.65. The number of piperidine rings is 1. The smallest absolute Gasteiger partial charge is 0.119 e. The molecule has 2 heterocycles. The van der Waals surface area contributed by atoms with Crippen molar-refractivity contribution in [2.45, 2.75) is 25.8 Å². The molecule has 1 saturated heterocycles. The molecule has 3 nitrogen and oxygen atoms in total. The average molecular weight is 261 g/mol. The number of fused-ring (bicyclic) bond motifs is 1. The molecule has 2 aromatic rings. The second kappa shape index (κ2) is 4.86. The van der Waals surface area contributed by atoms with E-state index in [-0.39, 0.29) is 0 Å². The van der Waals surface area contributed by atoms with Crippen molar-refractivity contribution in [1.29, 1.82) is 0 Å². The Bertz CT molecular complexity index is 527. The minimum atomic E-state index is 0.324. The molecule has 1 fully saturated rings. The third-order valence-corrected chi connectivity index (χ3v) is 4.87. The average Bonchev–Trinajstić information content (AvgIpc) is 2.82. The zero-order valence-electron chi connectivity index (χ0n) is 10.7. The normalized spacial score (nSPS) is 19.3. The second-order valence-corrected chi connectivity index (χ2v) is 5.94. The summed E-state index contributed by atoms with van der Waals surface area (Å²) in [6, 6.07) is 8.73. The summed E-state index contributed by atoms with van der Waals surface area (Å²) in [5.74, 6) is 0.681. The van der Waals surface area contributed by atoms with E-state index in [0.29, 0.717) is 12.0 Å². The lowest BCUT2D eigenvalue weighted by Gasteiger charge is -2.34. The summed E-state index contributed by atoms with van der Waals surface area (Å²) < 4.78 is 4.52. The van der Waals surface area contributed by atoms with E-state index in [1.807, 2.05) is 6.07 Å². The molecule has 1 aromatic carbocycles. The maximum absolute atomic E-state index is 5.99. The summed E-state index contributed by atoms with van der Waals surface area (Å²) in [5.41, 5.74) is 7.11. The van der Waals surface area contributed by atoms with Crippen LogP contribution in [0.15, 0.2) is 24.3 Å². The van der Waals surface area contributed by atoms with Gasteiger partial charge in [-0.3, -0.25) is 0 Å². The van der Waals surface area contributed by atoms with E-state index in [1.54, 1.807) is 11.5 Å². The molecule has 1 aromatic heterocycles. The Balaban J connectivity index is 1.80. The van der Waals surface area contributed by atoms with Crippen LogP contribution in [0.25, 0.3) is 10.9 Å². The summed E-state index contributed by atoms with van der Waals surface area (Å²) >= 11 is 1.62. The number of hydrogen-bond donors (Lipinski definition) is 1. The third-order valence-electron chi connectivity index (χ3n) is 3.94. The van der Waals surface area contributed by atoms with Crippen LogP contribution in [0.3, 0.4) is 0 Å². The van der Waals surface area contributed by atoms with Crippen LogP contribution in [-0.4, -0.2) is 23.5 Å². The van der Waals surface area contributed by atoms with Gasteiger partial charge in [0.1, 0.15) is 5.00 Å². The van der Waals surface area contributed by atoms with Gasteiger partial charge in [0.2, 0.25) is 0 Å². The standard InChI is InChI=1S/C14H19N3S/c1-10(15)11-6-8-17(9-7-11)14-12-4-2-3-5-13(12)16-18-14/h2-5,10-11H,6-9,15H2,1H3. The molecular weight excluding hydrogens is 242 g/mol. The van der Waals surface area contributed by atoms with E-state index < -0.39 is 0 Å². The summed E-state index contributed by atoms with van der Waals surface area (Å²) in [4.78, 5) is 2.47. The second-order valence-electron chi connectivity index (χ2n) is 5.19. The lowest BCUT2D eigenvalue weighted by molar-refractivity contribution is 0.355. The molecule has 0 bridgehead atoms. The Hall–Kier alpha value is -1.13. The van der Waals surface area contributed by atoms with E-state index in [4.69, 9.17) is 5.73 Å². The van der Waals surface area contributed by atoms with Crippen LogP contribution >= 0.6 is 11.5 Å². The monoisotopic (exact) mass is 261 g/mol. The Labute approximate surface area is 112 Å². The van der Waals surface area contributed by atoms with Gasteiger partial charge in [-0.2, -0.15) is 4.37 Å². The molecule has 0 amide bonds. The van der Waals surface area contributed by atoms with Crippen molar-refractivity contribution in [3.63, 3.8) is 0 Å². The summed E-state index contributed by atoms with van der Waals surface area (Å²) in [5, 5.41) is 2.62. The topological polar surface area (TPSA) is 42.1 Å². The summed E-state index contributed by atoms with van der Waals surface area (Å²) in [7, 11) is 0. The van der Waals surface area contributed by atoms with Gasteiger partial charge in [0.05, 0.1) is 5.52 Å². The molecule has 0 spiro atoms. The van der Waals surface area contributed by atoms with Gasteiger partial charge in [-0.1, -0.05) is 12.1 Å². The van der Waals surface area contributed by atoms with Gasteiger partial charge in [0.15, 0.2) is 0 Å². The Morgan fingerprint density at radius 3 is 2.78 bits per heavy atom. The number of rotatable bonds is 2. The number of anilines is 1. The Morgan fingerprint density at radius 2 is 2.06 bits per heavy atom. The molecule has 3 rings (SSSR count). The van der Waals surface area contributed by atoms with Crippen molar-refractivity contribution in [1.82, 2.24) is 4.37 Å². The molecule has 1 unspecified atom stereocenters. The highest BCUT2D eigenvalue weighted by Gasteiger charge is 2.23. The summed E-state index contributed by atoms with van der Waals surface area (Å²) in [6.45, 7) is 4.35. The van der Waals surface area contributed by atoms with Crippen molar-refractivity contribution in [2.75, 3.05) is 18.0 Å². The molecule has 4 heteroatoms. The van der Waals surface area contributed by atoms with Crippen LogP contribution in [0, 0.1) is 5.92 Å². The van der Waals surface area contributed by atoms with E-state index in [1.165, 1.54) is 23.2 Å². The summed E-state index contributed by atoms with van der Waals surface area (Å²) in [6.07, 6.45) is 2.40. The minimum absolute atomic E-state index is 0.324. The molecule has 0 saturated carbocycles. The van der Waals surface area contributed by atoms with E-state index in [9.17, 15) is 0 Å². The van der Waals surface area contributed by atoms with E-state index in [2.05, 4.69) is 34.4 Å². The van der Waals surface area contributed by atoms with Crippen molar-refractivity contribution in [3.8, 4) is 0 Å². The quantitative estimate of drug-likeness (QED) is 0.904. The number of aromatic nitrogens is 1. The van der Waals surface area contributed by atoms with Crippen molar-refractivity contribution < 1.29 is 0 Å². The fraction of sp³-hybridized carbons (Fsp3) is 0.500. The zero-order valence-corrected chi connectivity index (χ0v) is 11.5. The van der Waals surface area contributed by atoms with Crippen LogP contribution < -0.4 is 10.6 Å². The molecule has 96 valence electrons. The SMILES string of the molecule is CC(N)C1CCN(c2snc3ccccc23)CC1. The molecule has 1 aliphatic rings. The van der Waals surface area contributed by atoms with Gasteiger partial charge in [-0.15, -0.1) is 0 Å². The molecule has 2 N–H and O–H groups in total. The van der Waals surface area contributed by atoms with E-state index >= 15 is 0 Å². The van der Waals surface area contributed by atoms with Crippen LogP contribution in [0.2, 0.25) is 0 Å². The first-order chi connectivity index (χ1) is 8.75. The highest BCUT2D eigenvalue weighted by Crippen LogP contribution is 2.34. The molecular formula is C14H19N3S. The van der Waals surface area contributed by atoms with Gasteiger partial charge in [-0.05, 0) is 49.3 Å². The van der Waals surface area contributed by atoms with Crippen LogP contribution in [0.4, 0.5) is 5.00 Å². The molecule has 1 atom stereocenters. The van der Waals surface area contributed by atoms with Gasteiger partial charge >= 0.3 is 0 Å². The zero-order chi connectivity index (χ0) is 12.5. The molecule has 0 radical (unpaired) electrons. The maximum Gasteiger partial charge on any atom is 0.119 e. The first kappa shape index (κ1) is 11.9. The lowest BCUT2D eigenvalue weighted by atomic mass is 9.91. The number of nitrogens with zero attached hydrogens (tertiary/aromatic N) is 2. The largest absolute Gasteiger partial charge is 0.362 e. The van der Waals surface area contributed by atoms with E-state index in [0.717, 1.165) is 18.6 Å². The number of nitrogens with two attached hydrogens (primary N) is 1.